The molecule has 1 N–H and O–H groups in total. The van der Waals surface area contributed by atoms with Gasteiger partial charge in [-0.25, -0.2) is 4.68 Å². The lowest BCUT2D eigenvalue weighted by molar-refractivity contribution is 0.233. The first kappa shape index (κ1) is 19.1. The first-order valence-electron chi connectivity index (χ1n) is 9.87. The number of halogens is 1. The minimum atomic E-state index is -0.00392. The van der Waals surface area contributed by atoms with Crippen LogP contribution in [0.15, 0.2) is 53.3 Å². The largest absolute Gasteiger partial charge is 0.314 e. The molecule has 1 aliphatic rings. The van der Waals surface area contributed by atoms with Crippen molar-refractivity contribution in [3.8, 4) is 0 Å². The zero-order valence-electron chi connectivity index (χ0n) is 15.9. The van der Waals surface area contributed by atoms with E-state index < -0.39 is 0 Å². The maximum Gasteiger partial charge on any atom is 0.274 e. The van der Waals surface area contributed by atoms with Crippen LogP contribution in [-0.2, 0) is 13.0 Å². The van der Waals surface area contributed by atoms with Crippen LogP contribution in [0.1, 0.15) is 17.7 Å². The number of piperazine rings is 1. The first-order valence-corrected chi connectivity index (χ1v) is 10.2. The zero-order valence-corrected chi connectivity index (χ0v) is 16.7. The Morgan fingerprint density at radius 1 is 0.964 bits per heavy atom. The minimum Gasteiger partial charge on any atom is -0.314 e. The summed E-state index contributed by atoms with van der Waals surface area (Å²) in [7, 11) is 0. The standard InChI is InChI=1S/C22H25ClN4O/c23-18-8-6-17(7-9-18)16-21-19-4-1-2-5-20(19)22(28)27(25-21)13-3-12-26-14-10-24-11-15-26/h1-2,4-9,24H,3,10-16H2. The lowest BCUT2D eigenvalue weighted by Crippen LogP contribution is -2.44. The Morgan fingerprint density at radius 2 is 1.68 bits per heavy atom. The van der Waals surface area contributed by atoms with Gasteiger partial charge in [-0.2, -0.15) is 5.10 Å². The molecule has 0 atom stereocenters. The van der Waals surface area contributed by atoms with E-state index in [0.717, 1.165) is 66.2 Å². The molecular formula is C22H25ClN4O. The van der Waals surface area contributed by atoms with Gasteiger partial charge in [0.25, 0.3) is 5.56 Å². The molecule has 0 bridgehead atoms. The second kappa shape index (κ2) is 8.86. The Morgan fingerprint density at radius 3 is 2.43 bits per heavy atom. The van der Waals surface area contributed by atoms with Gasteiger partial charge in [0.2, 0.25) is 0 Å². The van der Waals surface area contributed by atoms with E-state index in [0.29, 0.717) is 13.0 Å². The van der Waals surface area contributed by atoms with Gasteiger partial charge in [-0.05, 0) is 30.2 Å². The van der Waals surface area contributed by atoms with Gasteiger partial charge >= 0.3 is 0 Å². The second-order valence-corrected chi connectivity index (χ2v) is 7.71. The van der Waals surface area contributed by atoms with Crippen LogP contribution in [0.25, 0.3) is 10.8 Å². The predicted molar refractivity (Wildman–Crippen MR) is 114 cm³/mol. The number of aromatic nitrogens is 2. The Bertz CT molecular complexity index is 994. The Kier molecular flexibility index (Phi) is 6.05. The van der Waals surface area contributed by atoms with E-state index >= 15 is 0 Å². The zero-order chi connectivity index (χ0) is 19.3. The maximum absolute atomic E-state index is 12.9. The Labute approximate surface area is 169 Å². The number of rotatable bonds is 6. The normalized spacial score (nSPS) is 15.2. The highest BCUT2D eigenvalue weighted by molar-refractivity contribution is 6.30. The third-order valence-electron chi connectivity index (χ3n) is 5.28. The topological polar surface area (TPSA) is 50.2 Å². The highest BCUT2D eigenvalue weighted by Crippen LogP contribution is 2.18. The third-order valence-corrected chi connectivity index (χ3v) is 5.53. The molecule has 5 nitrogen and oxygen atoms in total. The number of hydrogen-bond acceptors (Lipinski definition) is 4. The fraction of sp³-hybridized carbons (Fsp3) is 0.364. The molecule has 0 saturated carbocycles. The van der Waals surface area contributed by atoms with Crippen molar-refractivity contribution in [2.75, 3.05) is 32.7 Å². The fourth-order valence-corrected chi connectivity index (χ4v) is 3.89. The molecule has 2 aromatic carbocycles. The van der Waals surface area contributed by atoms with Gasteiger partial charge in [0.05, 0.1) is 11.1 Å². The number of nitrogens with zero attached hydrogens (tertiary/aromatic N) is 3. The summed E-state index contributed by atoms with van der Waals surface area (Å²) in [5.41, 5.74) is 2.06. The van der Waals surface area contributed by atoms with Gasteiger partial charge in [-0.1, -0.05) is 41.9 Å². The average molecular weight is 397 g/mol. The van der Waals surface area contributed by atoms with Crippen molar-refractivity contribution in [1.82, 2.24) is 20.0 Å². The Hall–Kier alpha value is -2.21. The van der Waals surface area contributed by atoms with Crippen molar-refractivity contribution in [3.05, 3.63) is 75.2 Å². The van der Waals surface area contributed by atoms with Crippen molar-refractivity contribution in [2.24, 2.45) is 0 Å². The summed E-state index contributed by atoms with van der Waals surface area (Å²) >= 11 is 6.01. The van der Waals surface area contributed by atoms with Crippen LogP contribution in [-0.4, -0.2) is 47.4 Å². The highest BCUT2D eigenvalue weighted by Gasteiger charge is 2.12. The maximum atomic E-state index is 12.9. The minimum absolute atomic E-state index is 0.00392. The lowest BCUT2D eigenvalue weighted by Gasteiger charge is -2.27. The van der Waals surface area contributed by atoms with E-state index in [1.807, 2.05) is 48.5 Å². The van der Waals surface area contributed by atoms with Crippen molar-refractivity contribution in [2.45, 2.75) is 19.4 Å². The van der Waals surface area contributed by atoms with E-state index in [4.69, 9.17) is 16.7 Å². The number of nitrogens with one attached hydrogen (secondary N) is 1. The van der Waals surface area contributed by atoms with Crippen LogP contribution in [0.4, 0.5) is 0 Å². The van der Waals surface area contributed by atoms with E-state index in [1.54, 1.807) is 4.68 Å². The monoisotopic (exact) mass is 396 g/mol. The van der Waals surface area contributed by atoms with Crippen molar-refractivity contribution in [1.29, 1.82) is 0 Å². The van der Waals surface area contributed by atoms with Crippen LogP contribution < -0.4 is 10.9 Å². The summed E-state index contributed by atoms with van der Waals surface area (Å²) in [5.74, 6) is 0. The quantitative estimate of drug-likeness (QED) is 0.696. The summed E-state index contributed by atoms with van der Waals surface area (Å²) in [6.45, 7) is 5.86. The average Bonchev–Trinajstić information content (AvgIpc) is 2.73. The van der Waals surface area contributed by atoms with Gasteiger partial charge < -0.3 is 10.2 Å². The second-order valence-electron chi connectivity index (χ2n) is 7.27. The van der Waals surface area contributed by atoms with Gasteiger partial charge in [0.1, 0.15) is 0 Å². The molecule has 0 amide bonds. The van der Waals surface area contributed by atoms with Crippen LogP contribution in [0.2, 0.25) is 5.02 Å². The molecule has 28 heavy (non-hydrogen) atoms. The molecule has 0 radical (unpaired) electrons. The van der Waals surface area contributed by atoms with E-state index in [2.05, 4.69) is 10.2 Å². The van der Waals surface area contributed by atoms with Crippen LogP contribution in [0.5, 0.6) is 0 Å². The van der Waals surface area contributed by atoms with E-state index in [-0.39, 0.29) is 5.56 Å². The predicted octanol–water partition coefficient (Wildman–Crippen LogP) is 2.94. The highest BCUT2D eigenvalue weighted by atomic mass is 35.5. The molecule has 4 rings (SSSR count). The Balaban J connectivity index is 1.58. The summed E-state index contributed by atoms with van der Waals surface area (Å²) in [6, 6.07) is 15.6. The molecule has 3 aromatic rings. The molecule has 0 aliphatic carbocycles. The summed E-state index contributed by atoms with van der Waals surface area (Å²) in [4.78, 5) is 15.4. The summed E-state index contributed by atoms with van der Waals surface area (Å²) < 4.78 is 1.65. The molecule has 1 saturated heterocycles. The molecular weight excluding hydrogens is 372 g/mol. The third kappa shape index (κ3) is 4.43. The molecule has 0 spiro atoms. The fourth-order valence-electron chi connectivity index (χ4n) is 3.76. The van der Waals surface area contributed by atoms with E-state index in [1.165, 1.54) is 0 Å². The van der Waals surface area contributed by atoms with Crippen LogP contribution in [0.3, 0.4) is 0 Å². The summed E-state index contributed by atoms with van der Waals surface area (Å²) in [5, 5.41) is 10.5. The van der Waals surface area contributed by atoms with Gasteiger partial charge in [-0.3, -0.25) is 4.79 Å². The van der Waals surface area contributed by atoms with Crippen LogP contribution >= 0.6 is 11.6 Å². The van der Waals surface area contributed by atoms with Crippen LogP contribution in [0, 0.1) is 0 Å². The number of fused-ring (bicyclic) bond motifs is 1. The number of aryl methyl sites for hydroxylation is 1. The SMILES string of the molecule is O=c1c2ccccc2c(Cc2ccc(Cl)cc2)nn1CCCN1CCNCC1. The van der Waals surface area contributed by atoms with Gasteiger partial charge in [0, 0.05) is 56.1 Å². The van der Waals surface area contributed by atoms with Gasteiger partial charge in [0.15, 0.2) is 0 Å². The lowest BCUT2D eigenvalue weighted by atomic mass is 10.0. The molecule has 1 fully saturated rings. The van der Waals surface area contributed by atoms with E-state index in [9.17, 15) is 4.79 Å². The molecule has 2 heterocycles. The molecule has 0 unspecified atom stereocenters. The molecule has 1 aromatic heterocycles. The number of benzene rings is 2. The van der Waals surface area contributed by atoms with Crippen molar-refractivity contribution >= 4 is 22.4 Å². The van der Waals surface area contributed by atoms with Gasteiger partial charge in [-0.15, -0.1) is 0 Å². The molecule has 6 heteroatoms. The smallest absolute Gasteiger partial charge is 0.274 e. The molecule has 1 aliphatic heterocycles. The summed E-state index contributed by atoms with van der Waals surface area (Å²) in [6.07, 6.45) is 1.60. The molecule has 146 valence electrons. The number of hydrogen-bond donors (Lipinski definition) is 1. The first-order chi connectivity index (χ1) is 13.7. The van der Waals surface area contributed by atoms with Crippen molar-refractivity contribution < 1.29 is 0 Å². The van der Waals surface area contributed by atoms with Crippen molar-refractivity contribution in [3.63, 3.8) is 0 Å².